The van der Waals surface area contributed by atoms with Gasteiger partial charge in [0.15, 0.2) is 0 Å². The van der Waals surface area contributed by atoms with Gasteiger partial charge >= 0.3 is 0 Å². The SMILES string of the molecule is CC(c1nc(-c2cccnc2)no1)C(C)(C)C. The molecule has 90 valence electrons. The maximum atomic E-state index is 5.32. The third-order valence-corrected chi connectivity index (χ3v) is 3.03. The number of hydrogen-bond donors (Lipinski definition) is 0. The molecule has 2 aromatic heterocycles. The van der Waals surface area contributed by atoms with E-state index < -0.39 is 0 Å². The first-order valence-electron chi connectivity index (χ1n) is 5.72. The van der Waals surface area contributed by atoms with Crippen molar-refractivity contribution < 1.29 is 4.52 Å². The number of pyridine rings is 1. The van der Waals surface area contributed by atoms with E-state index in [4.69, 9.17) is 4.52 Å². The van der Waals surface area contributed by atoms with Crippen LogP contribution in [0, 0.1) is 5.41 Å². The Balaban J connectivity index is 2.28. The van der Waals surface area contributed by atoms with Gasteiger partial charge in [0.05, 0.1) is 0 Å². The topological polar surface area (TPSA) is 51.8 Å². The second kappa shape index (κ2) is 4.28. The molecule has 1 unspecified atom stereocenters. The molecule has 0 N–H and O–H groups in total. The van der Waals surface area contributed by atoms with Crippen LogP contribution in [0.15, 0.2) is 29.0 Å². The number of hydrogen-bond acceptors (Lipinski definition) is 4. The molecule has 0 saturated heterocycles. The Hall–Kier alpha value is -1.71. The van der Waals surface area contributed by atoms with Gasteiger partial charge in [-0.3, -0.25) is 4.98 Å². The van der Waals surface area contributed by atoms with Crippen molar-refractivity contribution in [3.05, 3.63) is 30.4 Å². The monoisotopic (exact) mass is 231 g/mol. The molecule has 0 bridgehead atoms. The van der Waals surface area contributed by atoms with Crippen molar-refractivity contribution in [3.63, 3.8) is 0 Å². The minimum Gasteiger partial charge on any atom is -0.339 e. The van der Waals surface area contributed by atoms with E-state index in [1.54, 1.807) is 12.4 Å². The van der Waals surface area contributed by atoms with Gasteiger partial charge in [0.25, 0.3) is 0 Å². The molecule has 2 rings (SSSR count). The third kappa shape index (κ3) is 2.52. The molecule has 17 heavy (non-hydrogen) atoms. The van der Waals surface area contributed by atoms with Crippen LogP contribution in [0.2, 0.25) is 0 Å². The van der Waals surface area contributed by atoms with E-state index in [2.05, 4.69) is 42.8 Å². The van der Waals surface area contributed by atoms with E-state index in [9.17, 15) is 0 Å². The molecule has 4 nitrogen and oxygen atoms in total. The molecule has 0 fully saturated rings. The molecular weight excluding hydrogens is 214 g/mol. The molecule has 0 aliphatic rings. The Morgan fingerprint density at radius 1 is 1.29 bits per heavy atom. The zero-order valence-corrected chi connectivity index (χ0v) is 10.6. The summed E-state index contributed by atoms with van der Waals surface area (Å²) >= 11 is 0. The van der Waals surface area contributed by atoms with Gasteiger partial charge in [-0.1, -0.05) is 32.9 Å². The van der Waals surface area contributed by atoms with Crippen molar-refractivity contribution in [2.24, 2.45) is 5.41 Å². The lowest BCUT2D eigenvalue weighted by Gasteiger charge is -2.23. The van der Waals surface area contributed by atoms with Crippen LogP contribution < -0.4 is 0 Å². The average molecular weight is 231 g/mol. The lowest BCUT2D eigenvalue weighted by Crippen LogP contribution is -2.15. The maximum absolute atomic E-state index is 5.32. The van der Waals surface area contributed by atoms with Crippen LogP contribution in [0.3, 0.4) is 0 Å². The highest BCUT2D eigenvalue weighted by molar-refractivity contribution is 5.51. The quantitative estimate of drug-likeness (QED) is 0.795. The molecule has 1 atom stereocenters. The molecule has 4 heteroatoms. The number of aromatic nitrogens is 3. The summed E-state index contributed by atoms with van der Waals surface area (Å²) < 4.78 is 5.32. The van der Waals surface area contributed by atoms with Crippen molar-refractivity contribution in [1.29, 1.82) is 0 Å². The van der Waals surface area contributed by atoms with Gasteiger partial charge < -0.3 is 4.52 Å². The van der Waals surface area contributed by atoms with Gasteiger partial charge in [0, 0.05) is 23.9 Å². The molecule has 0 amide bonds. The van der Waals surface area contributed by atoms with Crippen LogP contribution in [0.5, 0.6) is 0 Å². The lowest BCUT2D eigenvalue weighted by molar-refractivity contribution is 0.262. The Kier molecular flexibility index (Phi) is 2.96. The normalized spacial score (nSPS) is 13.6. The van der Waals surface area contributed by atoms with E-state index in [0.29, 0.717) is 11.7 Å². The summed E-state index contributed by atoms with van der Waals surface area (Å²) in [5.74, 6) is 1.50. The zero-order chi connectivity index (χ0) is 12.5. The minimum atomic E-state index is 0.110. The van der Waals surface area contributed by atoms with E-state index in [-0.39, 0.29) is 11.3 Å². The Morgan fingerprint density at radius 3 is 2.65 bits per heavy atom. The van der Waals surface area contributed by atoms with Crippen LogP contribution in [0.1, 0.15) is 39.5 Å². The molecule has 0 aliphatic carbocycles. The van der Waals surface area contributed by atoms with Gasteiger partial charge in [-0.25, -0.2) is 0 Å². The van der Waals surface area contributed by atoms with Crippen molar-refractivity contribution >= 4 is 0 Å². The summed E-state index contributed by atoms with van der Waals surface area (Å²) in [6.07, 6.45) is 3.46. The number of nitrogens with zero attached hydrogens (tertiary/aromatic N) is 3. The fourth-order valence-electron chi connectivity index (χ4n) is 1.39. The predicted molar refractivity (Wildman–Crippen MR) is 65.4 cm³/mol. The van der Waals surface area contributed by atoms with Crippen LogP contribution in [-0.2, 0) is 0 Å². The van der Waals surface area contributed by atoms with E-state index in [0.717, 1.165) is 5.56 Å². The molecule has 0 saturated carbocycles. The van der Waals surface area contributed by atoms with Gasteiger partial charge in [-0.15, -0.1) is 0 Å². The van der Waals surface area contributed by atoms with Crippen LogP contribution in [0.25, 0.3) is 11.4 Å². The highest BCUT2D eigenvalue weighted by atomic mass is 16.5. The second-order valence-corrected chi connectivity index (χ2v) is 5.29. The fraction of sp³-hybridized carbons (Fsp3) is 0.462. The van der Waals surface area contributed by atoms with Gasteiger partial charge in [0.1, 0.15) is 0 Å². The summed E-state index contributed by atoms with van der Waals surface area (Å²) in [4.78, 5) is 8.47. The summed E-state index contributed by atoms with van der Waals surface area (Å²) in [5.41, 5.74) is 0.988. The van der Waals surface area contributed by atoms with Gasteiger partial charge in [-0.05, 0) is 17.5 Å². The Morgan fingerprint density at radius 2 is 2.06 bits per heavy atom. The fourth-order valence-corrected chi connectivity index (χ4v) is 1.39. The summed E-state index contributed by atoms with van der Waals surface area (Å²) in [6.45, 7) is 8.57. The molecule has 0 aromatic carbocycles. The van der Waals surface area contributed by atoms with Gasteiger partial charge in [0.2, 0.25) is 11.7 Å². The summed E-state index contributed by atoms with van der Waals surface area (Å²) in [6, 6.07) is 3.78. The summed E-state index contributed by atoms with van der Waals surface area (Å²) in [5, 5.41) is 3.99. The molecule has 2 heterocycles. The van der Waals surface area contributed by atoms with E-state index >= 15 is 0 Å². The zero-order valence-electron chi connectivity index (χ0n) is 10.6. The average Bonchev–Trinajstić information content (AvgIpc) is 2.77. The van der Waals surface area contributed by atoms with Crippen LogP contribution >= 0.6 is 0 Å². The predicted octanol–water partition coefficient (Wildman–Crippen LogP) is 3.28. The third-order valence-electron chi connectivity index (χ3n) is 3.03. The lowest BCUT2D eigenvalue weighted by atomic mass is 9.82. The van der Waals surface area contributed by atoms with E-state index in [1.165, 1.54) is 0 Å². The van der Waals surface area contributed by atoms with Crippen molar-refractivity contribution in [2.75, 3.05) is 0 Å². The molecule has 0 aliphatic heterocycles. The van der Waals surface area contributed by atoms with Gasteiger partial charge in [-0.2, -0.15) is 4.98 Å². The first kappa shape index (κ1) is 11.8. The van der Waals surface area contributed by atoms with Crippen LogP contribution in [0.4, 0.5) is 0 Å². The highest BCUT2D eigenvalue weighted by Gasteiger charge is 2.27. The first-order chi connectivity index (χ1) is 7.98. The highest BCUT2D eigenvalue weighted by Crippen LogP contribution is 2.34. The molecule has 0 spiro atoms. The first-order valence-corrected chi connectivity index (χ1v) is 5.72. The maximum Gasteiger partial charge on any atom is 0.230 e. The smallest absolute Gasteiger partial charge is 0.230 e. The standard InChI is InChI=1S/C13H17N3O/c1-9(13(2,3)4)12-15-11(16-17-12)10-6-5-7-14-8-10/h5-9H,1-4H3. The van der Waals surface area contributed by atoms with Crippen molar-refractivity contribution in [3.8, 4) is 11.4 Å². The largest absolute Gasteiger partial charge is 0.339 e. The minimum absolute atomic E-state index is 0.110. The Labute approximate surface area is 101 Å². The second-order valence-electron chi connectivity index (χ2n) is 5.29. The van der Waals surface area contributed by atoms with Crippen LogP contribution in [-0.4, -0.2) is 15.1 Å². The van der Waals surface area contributed by atoms with Crippen molar-refractivity contribution in [1.82, 2.24) is 15.1 Å². The van der Waals surface area contributed by atoms with E-state index in [1.807, 2.05) is 12.1 Å². The number of rotatable bonds is 2. The molecule has 0 radical (unpaired) electrons. The Bertz CT molecular complexity index is 485. The summed E-state index contributed by atoms with van der Waals surface area (Å²) in [7, 11) is 0. The molecule has 2 aromatic rings. The van der Waals surface area contributed by atoms with Crippen molar-refractivity contribution in [2.45, 2.75) is 33.6 Å². The molecular formula is C13H17N3O.